The third-order valence-corrected chi connectivity index (χ3v) is 4.93. The Bertz CT molecular complexity index is 555. The van der Waals surface area contributed by atoms with Crippen molar-refractivity contribution in [2.24, 2.45) is 0 Å². The predicted octanol–water partition coefficient (Wildman–Crippen LogP) is 2.37. The molecule has 126 valence electrons. The van der Waals surface area contributed by atoms with Crippen LogP contribution in [0.15, 0.2) is 24.3 Å². The molecule has 5 nitrogen and oxygen atoms in total. The molecule has 0 unspecified atom stereocenters. The van der Waals surface area contributed by atoms with Crippen LogP contribution < -0.4 is 5.32 Å². The minimum atomic E-state index is -0.889. The van der Waals surface area contributed by atoms with E-state index in [0.717, 1.165) is 5.75 Å². The van der Waals surface area contributed by atoms with E-state index in [0.29, 0.717) is 31.8 Å². The van der Waals surface area contributed by atoms with Crippen LogP contribution in [0.5, 0.6) is 0 Å². The Morgan fingerprint density at radius 2 is 2.09 bits per heavy atom. The van der Waals surface area contributed by atoms with E-state index < -0.39 is 11.5 Å². The highest BCUT2D eigenvalue weighted by molar-refractivity contribution is 7.99. The lowest BCUT2D eigenvalue weighted by molar-refractivity contribution is -0.140. The van der Waals surface area contributed by atoms with E-state index in [1.165, 1.54) is 22.9 Å². The molecule has 1 heterocycles. The average molecular weight is 337 g/mol. The van der Waals surface area contributed by atoms with E-state index in [9.17, 15) is 9.59 Å². The highest BCUT2D eigenvalue weighted by atomic mass is 32.2. The highest BCUT2D eigenvalue weighted by Crippen LogP contribution is 2.25. The van der Waals surface area contributed by atoms with Crippen molar-refractivity contribution in [1.29, 1.82) is 0 Å². The van der Waals surface area contributed by atoms with E-state index in [4.69, 9.17) is 9.84 Å². The number of carbonyl (C=O) groups excluding carboxylic acids is 1. The molecule has 0 radical (unpaired) electrons. The molecule has 1 aromatic carbocycles. The van der Waals surface area contributed by atoms with Crippen LogP contribution in [-0.2, 0) is 20.1 Å². The van der Waals surface area contributed by atoms with Crippen LogP contribution >= 0.6 is 11.8 Å². The normalized spacial score (nSPS) is 16.7. The number of hydrogen-bond acceptors (Lipinski definition) is 4. The Labute approximate surface area is 140 Å². The van der Waals surface area contributed by atoms with Crippen molar-refractivity contribution >= 4 is 23.6 Å². The molecule has 1 aliphatic heterocycles. The van der Waals surface area contributed by atoms with Crippen molar-refractivity contribution in [1.82, 2.24) is 5.32 Å². The number of carboxylic acids is 1. The second kappa shape index (κ2) is 8.36. The van der Waals surface area contributed by atoms with Crippen LogP contribution in [0.25, 0.3) is 0 Å². The number of ether oxygens (including phenoxy) is 1. The summed E-state index contributed by atoms with van der Waals surface area (Å²) in [4.78, 5) is 23.3. The van der Waals surface area contributed by atoms with Crippen molar-refractivity contribution < 1.29 is 19.4 Å². The molecule has 0 saturated carbocycles. The quantitative estimate of drug-likeness (QED) is 0.799. The van der Waals surface area contributed by atoms with Crippen molar-refractivity contribution in [3.8, 4) is 0 Å². The Balaban J connectivity index is 1.83. The molecular formula is C17H23NO4S. The van der Waals surface area contributed by atoms with Crippen molar-refractivity contribution in [3.63, 3.8) is 0 Å². The zero-order valence-corrected chi connectivity index (χ0v) is 14.2. The highest BCUT2D eigenvalue weighted by Gasteiger charge is 2.36. The summed E-state index contributed by atoms with van der Waals surface area (Å²) in [5.41, 5.74) is 1.73. The van der Waals surface area contributed by atoms with Gasteiger partial charge in [-0.2, -0.15) is 0 Å². The number of rotatable bonds is 7. The van der Waals surface area contributed by atoms with Gasteiger partial charge in [0.05, 0.1) is 17.7 Å². The van der Waals surface area contributed by atoms with Gasteiger partial charge in [0, 0.05) is 19.0 Å². The van der Waals surface area contributed by atoms with Crippen LogP contribution in [0.4, 0.5) is 0 Å². The van der Waals surface area contributed by atoms with Gasteiger partial charge in [-0.25, -0.2) is 0 Å². The molecule has 1 amide bonds. The molecule has 0 aromatic heterocycles. The minimum Gasteiger partial charge on any atom is -0.481 e. The number of thioether (sulfide) groups is 1. The molecule has 0 bridgehead atoms. The lowest BCUT2D eigenvalue weighted by Gasteiger charge is -2.36. The van der Waals surface area contributed by atoms with Crippen LogP contribution in [-0.4, -0.2) is 41.5 Å². The average Bonchev–Trinajstić information content (AvgIpc) is 2.47. The second-order valence-corrected chi connectivity index (χ2v) is 6.98. The van der Waals surface area contributed by atoms with Crippen LogP contribution in [0.1, 0.15) is 30.4 Å². The standard InChI is InChI=1S/C17H23NO4S/c1-13-3-2-4-14(9-13)11-23-12-15(19)18-17(10-16(20)21)5-7-22-8-6-17/h2-4,9H,5-8,10-12H2,1H3,(H,18,19)(H,20,21). The van der Waals surface area contributed by atoms with Gasteiger partial charge in [-0.3, -0.25) is 9.59 Å². The van der Waals surface area contributed by atoms with Gasteiger partial charge >= 0.3 is 5.97 Å². The first-order valence-electron chi connectivity index (χ1n) is 7.73. The number of hydrogen-bond donors (Lipinski definition) is 2. The third kappa shape index (κ3) is 5.88. The number of carbonyl (C=O) groups is 2. The lowest BCUT2D eigenvalue weighted by atomic mass is 9.86. The van der Waals surface area contributed by atoms with Gasteiger partial charge in [-0.15, -0.1) is 11.8 Å². The predicted molar refractivity (Wildman–Crippen MR) is 90.5 cm³/mol. The first-order chi connectivity index (χ1) is 11.0. The lowest BCUT2D eigenvalue weighted by Crippen LogP contribution is -2.53. The maximum Gasteiger partial charge on any atom is 0.305 e. The number of carboxylic acid groups (broad SMARTS) is 1. The molecule has 1 aliphatic rings. The van der Waals surface area contributed by atoms with E-state index in [1.54, 1.807) is 0 Å². The molecular weight excluding hydrogens is 314 g/mol. The summed E-state index contributed by atoms with van der Waals surface area (Å²) in [6.07, 6.45) is 1.05. The molecule has 0 atom stereocenters. The molecule has 6 heteroatoms. The van der Waals surface area contributed by atoms with E-state index in [-0.39, 0.29) is 12.3 Å². The molecule has 1 fully saturated rings. The summed E-state index contributed by atoms with van der Waals surface area (Å²) in [7, 11) is 0. The van der Waals surface area contributed by atoms with E-state index in [1.807, 2.05) is 25.1 Å². The Kier molecular flexibility index (Phi) is 6.47. The third-order valence-electron chi connectivity index (χ3n) is 3.93. The van der Waals surface area contributed by atoms with Gasteiger partial charge in [-0.05, 0) is 25.3 Å². The summed E-state index contributed by atoms with van der Waals surface area (Å²) >= 11 is 1.54. The van der Waals surface area contributed by atoms with Gasteiger partial charge in [0.15, 0.2) is 0 Å². The molecule has 2 rings (SSSR count). The topological polar surface area (TPSA) is 75.6 Å². The van der Waals surface area contributed by atoms with Crippen LogP contribution in [0.2, 0.25) is 0 Å². The minimum absolute atomic E-state index is 0.0509. The monoisotopic (exact) mass is 337 g/mol. The molecule has 0 spiro atoms. The van der Waals surface area contributed by atoms with Gasteiger partial charge in [0.1, 0.15) is 0 Å². The van der Waals surface area contributed by atoms with Crippen molar-refractivity contribution in [3.05, 3.63) is 35.4 Å². The van der Waals surface area contributed by atoms with Gasteiger partial charge in [-0.1, -0.05) is 29.8 Å². The smallest absolute Gasteiger partial charge is 0.305 e. The number of benzene rings is 1. The zero-order chi connectivity index (χ0) is 16.7. The molecule has 1 saturated heterocycles. The largest absolute Gasteiger partial charge is 0.481 e. The van der Waals surface area contributed by atoms with Gasteiger partial charge < -0.3 is 15.2 Å². The molecule has 23 heavy (non-hydrogen) atoms. The molecule has 0 aliphatic carbocycles. The summed E-state index contributed by atoms with van der Waals surface area (Å²) in [5.74, 6) is 0.103. The molecule has 2 N–H and O–H groups in total. The SMILES string of the molecule is Cc1cccc(CSCC(=O)NC2(CC(=O)O)CCOCC2)c1. The summed E-state index contributed by atoms with van der Waals surface area (Å²) in [6, 6.07) is 8.20. The molecule has 1 aromatic rings. The number of amides is 1. The number of nitrogens with one attached hydrogen (secondary N) is 1. The Morgan fingerprint density at radius 3 is 2.74 bits per heavy atom. The number of aryl methyl sites for hydroxylation is 1. The Morgan fingerprint density at radius 1 is 1.35 bits per heavy atom. The summed E-state index contributed by atoms with van der Waals surface area (Å²) in [6.45, 7) is 3.02. The van der Waals surface area contributed by atoms with Crippen LogP contribution in [0, 0.1) is 6.92 Å². The maximum absolute atomic E-state index is 12.2. The first kappa shape index (κ1) is 17.8. The fraction of sp³-hybridized carbons (Fsp3) is 0.529. The second-order valence-electron chi connectivity index (χ2n) is 5.99. The van der Waals surface area contributed by atoms with Gasteiger partial charge in [0.25, 0.3) is 0 Å². The Hall–Kier alpha value is -1.53. The fourth-order valence-corrected chi connectivity index (χ4v) is 3.57. The first-order valence-corrected chi connectivity index (χ1v) is 8.88. The zero-order valence-electron chi connectivity index (χ0n) is 13.3. The van der Waals surface area contributed by atoms with Crippen LogP contribution in [0.3, 0.4) is 0 Å². The summed E-state index contributed by atoms with van der Waals surface area (Å²) < 4.78 is 5.29. The number of aliphatic carboxylic acids is 1. The van der Waals surface area contributed by atoms with E-state index >= 15 is 0 Å². The van der Waals surface area contributed by atoms with E-state index in [2.05, 4.69) is 11.4 Å². The van der Waals surface area contributed by atoms with Gasteiger partial charge in [0.2, 0.25) is 5.91 Å². The fourth-order valence-electron chi connectivity index (χ4n) is 2.79. The van der Waals surface area contributed by atoms with Crippen molar-refractivity contribution in [2.45, 2.75) is 37.5 Å². The maximum atomic E-state index is 12.2. The van der Waals surface area contributed by atoms with Crippen molar-refractivity contribution in [2.75, 3.05) is 19.0 Å². The summed E-state index contributed by atoms with van der Waals surface area (Å²) in [5, 5.41) is 12.0.